The van der Waals surface area contributed by atoms with Crippen LogP contribution in [-0.2, 0) is 14.3 Å². The van der Waals surface area contributed by atoms with Crippen molar-refractivity contribution in [3.63, 3.8) is 0 Å². The molecule has 1 heterocycles. The minimum atomic E-state index is -0.628. The molecule has 2 atom stereocenters. The summed E-state index contributed by atoms with van der Waals surface area (Å²) in [6.07, 6.45) is 8.41. The molecule has 0 saturated heterocycles. The van der Waals surface area contributed by atoms with Gasteiger partial charge in [0.2, 0.25) is 0 Å². The molecule has 1 aliphatic heterocycles. The maximum atomic E-state index is 13.1. The zero-order chi connectivity index (χ0) is 22.5. The highest BCUT2D eigenvalue weighted by molar-refractivity contribution is 6.45. The van der Waals surface area contributed by atoms with Gasteiger partial charge < -0.3 is 14.2 Å². The lowest BCUT2D eigenvalue weighted by Gasteiger charge is -2.59. The Morgan fingerprint density at radius 3 is 2.59 bits per heavy atom. The number of benzene rings is 1. The summed E-state index contributed by atoms with van der Waals surface area (Å²) in [5, 5.41) is 7.93. The Labute approximate surface area is 191 Å². The first-order valence-electron chi connectivity index (χ1n) is 10.8. The second-order valence-electron chi connectivity index (χ2n) is 9.45. The van der Waals surface area contributed by atoms with Crippen molar-refractivity contribution in [2.24, 2.45) is 27.5 Å². The molecule has 168 valence electrons. The lowest BCUT2D eigenvalue weighted by Crippen LogP contribution is -2.56. The lowest BCUT2D eigenvalue weighted by atomic mass is 9.48. The van der Waals surface area contributed by atoms with E-state index in [1.165, 1.54) is 25.8 Å². The molecule has 8 heteroatoms. The number of hydrogen-bond acceptors (Lipinski definition) is 7. The number of alkyl halides is 1. The van der Waals surface area contributed by atoms with Crippen molar-refractivity contribution in [2.45, 2.75) is 43.4 Å². The Morgan fingerprint density at radius 2 is 1.94 bits per heavy atom. The second kappa shape index (κ2) is 7.73. The first kappa shape index (κ1) is 21.2. The van der Waals surface area contributed by atoms with Gasteiger partial charge in [0.05, 0.1) is 26.0 Å². The summed E-state index contributed by atoms with van der Waals surface area (Å²) in [5.74, 6) is 1.81. The van der Waals surface area contributed by atoms with Crippen LogP contribution in [0.25, 0.3) is 5.76 Å². The van der Waals surface area contributed by atoms with E-state index >= 15 is 0 Å². The van der Waals surface area contributed by atoms with Crippen LogP contribution in [0.15, 0.2) is 34.5 Å². The van der Waals surface area contributed by atoms with E-state index in [-0.39, 0.29) is 16.4 Å². The molecule has 4 bridgehead atoms. The highest BCUT2D eigenvalue weighted by atomic mass is 35.5. The summed E-state index contributed by atoms with van der Waals surface area (Å²) < 4.78 is 15.9. The monoisotopic (exact) mass is 456 g/mol. The first-order chi connectivity index (χ1) is 15.3. The number of esters is 1. The normalized spacial score (nSPS) is 34.2. The Balaban J connectivity index is 1.34. The molecular weight excluding hydrogens is 432 g/mol. The van der Waals surface area contributed by atoms with Crippen LogP contribution in [0.5, 0.6) is 11.5 Å². The van der Waals surface area contributed by atoms with Crippen LogP contribution in [0.4, 0.5) is 0 Å². The zero-order valence-corrected chi connectivity index (χ0v) is 18.9. The van der Waals surface area contributed by atoms with Gasteiger partial charge in [0, 0.05) is 22.4 Å². The van der Waals surface area contributed by atoms with Gasteiger partial charge >= 0.3 is 5.97 Å². The van der Waals surface area contributed by atoms with Crippen LogP contribution in [-0.4, -0.2) is 42.8 Å². The standard InChI is InChI=1S/C24H25ClN2O5/c1-30-16-3-4-17(19(6-16)31-2)20-7-18(22(29)32-20)27-26-12-21(28)23-8-14-5-15(9-23)11-24(25,10-14)13-23/h3-4,6-7,12,14-15H,5,8-11,13H2,1-2H3/b26-12-,27-18+. The third-order valence-corrected chi connectivity index (χ3v) is 7.65. The predicted molar refractivity (Wildman–Crippen MR) is 120 cm³/mol. The molecule has 0 radical (unpaired) electrons. The number of carbonyl (C=O) groups excluding carboxylic acids is 2. The van der Waals surface area contributed by atoms with E-state index in [1.54, 1.807) is 25.3 Å². The molecule has 0 spiro atoms. The first-order valence-corrected chi connectivity index (χ1v) is 11.2. The Morgan fingerprint density at radius 1 is 1.19 bits per heavy atom. The van der Waals surface area contributed by atoms with Gasteiger partial charge in [0.1, 0.15) is 17.3 Å². The fourth-order valence-corrected chi connectivity index (χ4v) is 6.98. The molecule has 0 aromatic heterocycles. The van der Waals surface area contributed by atoms with E-state index < -0.39 is 11.4 Å². The topological polar surface area (TPSA) is 86.6 Å². The Hall–Kier alpha value is -2.67. The molecule has 1 aromatic carbocycles. The number of ether oxygens (including phenoxy) is 3. The van der Waals surface area contributed by atoms with E-state index in [9.17, 15) is 9.59 Å². The number of ketones is 1. The summed E-state index contributed by atoms with van der Waals surface area (Å²) in [6.45, 7) is 0. The lowest BCUT2D eigenvalue weighted by molar-refractivity contribution is -0.134. The summed E-state index contributed by atoms with van der Waals surface area (Å²) in [4.78, 5) is 25.1. The van der Waals surface area contributed by atoms with Crippen LogP contribution >= 0.6 is 11.6 Å². The van der Waals surface area contributed by atoms with Gasteiger partial charge in [-0.05, 0) is 62.5 Å². The minimum Gasteiger partial charge on any atom is -0.497 e. The third kappa shape index (κ3) is 3.62. The molecule has 1 aromatic rings. The van der Waals surface area contributed by atoms with Crippen molar-refractivity contribution < 1.29 is 23.8 Å². The van der Waals surface area contributed by atoms with Gasteiger partial charge in [-0.15, -0.1) is 16.7 Å². The molecular formula is C24H25ClN2O5. The van der Waals surface area contributed by atoms with Crippen molar-refractivity contribution in [2.75, 3.05) is 14.2 Å². The Kier molecular flexibility index (Phi) is 5.12. The van der Waals surface area contributed by atoms with Crippen LogP contribution in [0, 0.1) is 17.3 Å². The molecule has 4 fully saturated rings. The number of halogens is 1. The quantitative estimate of drug-likeness (QED) is 0.277. The molecule has 4 saturated carbocycles. The van der Waals surface area contributed by atoms with Crippen molar-refractivity contribution in [3.05, 3.63) is 29.8 Å². The van der Waals surface area contributed by atoms with Crippen molar-refractivity contribution in [3.8, 4) is 11.5 Å². The Bertz CT molecular complexity index is 1060. The highest BCUT2D eigenvalue weighted by Gasteiger charge is 2.59. The number of cyclic esters (lactones) is 1. The maximum Gasteiger partial charge on any atom is 0.364 e. The number of methoxy groups -OCH3 is 2. The summed E-state index contributed by atoms with van der Waals surface area (Å²) in [6, 6.07) is 5.18. The number of hydrogen-bond donors (Lipinski definition) is 0. The summed E-state index contributed by atoms with van der Waals surface area (Å²) in [5.41, 5.74) is 0.192. The molecule has 4 aliphatic carbocycles. The van der Waals surface area contributed by atoms with E-state index in [2.05, 4.69) is 10.2 Å². The average Bonchev–Trinajstić information content (AvgIpc) is 3.11. The molecule has 0 amide bonds. The molecule has 6 rings (SSSR count). The molecule has 7 nitrogen and oxygen atoms in total. The van der Waals surface area contributed by atoms with Gasteiger partial charge in [-0.3, -0.25) is 4.79 Å². The van der Waals surface area contributed by atoms with Gasteiger partial charge in [-0.2, -0.15) is 5.10 Å². The number of carbonyl (C=O) groups is 2. The van der Waals surface area contributed by atoms with Crippen LogP contribution < -0.4 is 9.47 Å². The van der Waals surface area contributed by atoms with E-state index in [0.717, 1.165) is 25.7 Å². The molecule has 2 unspecified atom stereocenters. The van der Waals surface area contributed by atoms with Crippen molar-refractivity contribution in [1.82, 2.24) is 0 Å². The van der Waals surface area contributed by atoms with E-state index in [1.807, 2.05) is 0 Å². The number of nitrogens with zero attached hydrogens (tertiary/aromatic N) is 2. The zero-order valence-electron chi connectivity index (χ0n) is 18.1. The van der Waals surface area contributed by atoms with Crippen LogP contribution in [0.2, 0.25) is 0 Å². The third-order valence-electron chi connectivity index (χ3n) is 7.21. The van der Waals surface area contributed by atoms with Crippen molar-refractivity contribution >= 4 is 41.0 Å². The predicted octanol–water partition coefficient (Wildman–Crippen LogP) is 4.18. The van der Waals surface area contributed by atoms with E-state index in [0.29, 0.717) is 41.1 Å². The van der Waals surface area contributed by atoms with Gasteiger partial charge in [-0.25, -0.2) is 4.79 Å². The number of rotatable bonds is 6. The van der Waals surface area contributed by atoms with Gasteiger partial charge in [0.15, 0.2) is 11.5 Å². The summed E-state index contributed by atoms with van der Waals surface area (Å²) in [7, 11) is 3.08. The average molecular weight is 457 g/mol. The molecule has 0 N–H and O–H groups in total. The molecule has 32 heavy (non-hydrogen) atoms. The fraction of sp³-hybridized carbons (Fsp3) is 0.500. The smallest absolute Gasteiger partial charge is 0.364 e. The number of Topliss-reactive ketones (excluding diaryl/α,β-unsaturated/α-hetero) is 1. The van der Waals surface area contributed by atoms with Crippen LogP contribution in [0.1, 0.15) is 44.1 Å². The van der Waals surface area contributed by atoms with Gasteiger partial charge in [0.25, 0.3) is 0 Å². The van der Waals surface area contributed by atoms with Crippen molar-refractivity contribution in [1.29, 1.82) is 0 Å². The van der Waals surface area contributed by atoms with E-state index in [4.69, 9.17) is 25.8 Å². The highest BCUT2D eigenvalue weighted by Crippen LogP contribution is 2.63. The maximum absolute atomic E-state index is 13.1. The van der Waals surface area contributed by atoms with Gasteiger partial charge in [-0.1, -0.05) is 0 Å². The fourth-order valence-electron chi connectivity index (χ4n) is 6.29. The SMILES string of the molecule is COc1ccc(C2=C/C(=N\N=C/C(=O)C34CC5CC(CC(Cl)(C5)C3)C4)C(=O)O2)c(OC)c1. The second-order valence-corrected chi connectivity index (χ2v) is 10.3. The minimum absolute atomic E-state index is 0.0289. The molecule has 5 aliphatic rings. The van der Waals surface area contributed by atoms with Crippen LogP contribution in [0.3, 0.4) is 0 Å². The largest absolute Gasteiger partial charge is 0.497 e. The summed E-state index contributed by atoms with van der Waals surface area (Å²) >= 11 is 6.83.